The summed E-state index contributed by atoms with van der Waals surface area (Å²) in [5, 5.41) is 6.72. The first-order chi connectivity index (χ1) is 9.70. The number of carbonyl (C=O) groups is 1. The number of hydrogen-bond acceptors (Lipinski definition) is 5. The number of fused-ring (bicyclic) bond motifs is 1. The minimum Gasteiger partial charge on any atom is -0.375 e. The Morgan fingerprint density at radius 1 is 1.57 bits per heavy atom. The van der Waals surface area contributed by atoms with E-state index in [4.69, 9.17) is 4.74 Å². The molecule has 1 fully saturated rings. The highest BCUT2D eigenvalue weighted by molar-refractivity contribution is 7.22. The molecule has 0 aliphatic carbocycles. The van der Waals surface area contributed by atoms with Crippen molar-refractivity contribution < 1.29 is 9.53 Å². The normalized spacial score (nSPS) is 18.2. The molecule has 7 heteroatoms. The standard InChI is InChI=1S/C14H17N3O2S.ClH/c1-9-2-3-11-12(6-9)20-14(16-11)17-13(18)7-10-8-15-4-5-19-10;/h2-3,6,10,15H,4-5,7-8H2,1H3,(H,16,17,18);1H. The fourth-order valence-corrected chi connectivity index (χ4v) is 3.19. The van der Waals surface area contributed by atoms with Gasteiger partial charge in [0.15, 0.2) is 5.13 Å². The summed E-state index contributed by atoms with van der Waals surface area (Å²) in [5.41, 5.74) is 2.12. The molecule has 5 nitrogen and oxygen atoms in total. The average Bonchev–Trinajstić information content (AvgIpc) is 2.80. The molecule has 0 radical (unpaired) electrons. The zero-order valence-corrected chi connectivity index (χ0v) is 13.4. The van der Waals surface area contributed by atoms with Crippen LogP contribution >= 0.6 is 23.7 Å². The highest BCUT2D eigenvalue weighted by Crippen LogP contribution is 2.26. The van der Waals surface area contributed by atoms with E-state index >= 15 is 0 Å². The molecule has 1 aromatic carbocycles. The molecule has 2 heterocycles. The first kappa shape index (κ1) is 16.2. The lowest BCUT2D eigenvalue weighted by atomic mass is 10.2. The van der Waals surface area contributed by atoms with Crippen molar-refractivity contribution in [3.8, 4) is 0 Å². The van der Waals surface area contributed by atoms with Crippen LogP contribution in [0, 0.1) is 6.92 Å². The number of nitrogens with zero attached hydrogens (tertiary/aromatic N) is 1. The van der Waals surface area contributed by atoms with Gasteiger partial charge in [-0.2, -0.15) is 0 Å². The molecule has 1 aliphatic heterocycles. The van der Waals surface area contributed by atoms with Gasteiger partial charge in [-0.05, 0) is 24.6 Å². The number of nitrogens with one attached hydrogen (secondary N) is 2. The number of morpholine rings is 1. The van der Waals surface area contributed by atoms with Crippen molar-refractivity contribution in [2.24, 2.45) is 0 Å². The monoisotopic (exact) mass is 327 g/mol. The highest BCUT2D eigenvalue weighted by atomic mass is 35.5. The number of aryl methyl sites for hydroxylation is 1. The van der Waals surface area contributed by atoms with Gasteiger partial charge in [0.1, 0.15) is 0 Å². The number of aromatic nitrogens is 1. The number of carbonyl (C=O) groups excluding carboxylic acids is 1. The Labute approximate surface area is 133 Å². The highest BCUT2D eigenvalue weighted by Gasteiger charge is 2.18. The zero-order valence-electron chi connectivity index (χ0n) is 11.7. The van der Waals surface area contributed by atoms with Crippen molar-refractivity contribution in [1.29, 1.82) is 0 Å². The van der Waals surface area contributed by atoms with E-state index in [1.54, 1.807) is 0 Å². The van der Waals surface area contributed by atoms with Gasteiger partial charge in [-0.15, -0.1) is 12.4 Å². The predicted octanol–water partition coefficient (Wildman–Crippen LogP) is 2.34. The number of benzene rings is 1. The maximum absolute atomic E-state index is 12.0. The lowest BCUT2D eigenvalue weighted by molar-refractivity contribution is -0.119. The molecule has 114 valence electrons. The van der Waals surface area contributed by atoms with Crippen LogP contribution in [-0.2, 0) is 9.53 Å². The number of amides is 1. The van der Waals surface area contributed by atoms with Crippen molar-refractivity contribution in [3.05, 3.63) is 23.8 Å². The number of anilines is 1. The third-order valence-electron chi connectivity index (χ3n) is 3.21. The van der Waals surface area contributed by atoms with Crippen LogP contribution < -0.4 is 10.6 Å². The summed E-state index contributed by atoms with van der Waals surface area (Å²) in [6.45, 7) is 4.30. The maximum atomic E-state index is 12.0. The third kappa shape index (κ3) is 4.14. The van der Waals surface area contributed by atoms with E-state index < -0.39 is 0 Å². The summed E-state index contributed by atoms with van der Waals surface area (Å²) in [5.74, 6) is -0.0468. The topological polar surface area (TPSA) is 63.2 Å². The largest absolute Gasteiger partial charge is 0.375 e. The van der Waals surface area contributed by atoms with E-state index in [0.717, 1.165) is 23.3 Å². The molecule has 3 rings (SSSR count). The van der Waals surface area contributed by atoms with E-state index in [-0.39, 0.29) is 24.4 Å². The molecule has 1 saturated heterocycles. The molecule has 0 bridgehead atoms. The second-order valence-corrected chi connectivity index (χ2v) is 5.97. The lowest BCUT2D eigenvalue weighted by Crippen LogP contribution is -2.40. The molecule has 2 aromatic rings. The van der Waals surface area contributed by atoms with Crippen LogP contribution in [0.3, 0.4) is 0 Å². The van der Waals surface area contributed by atoms with E-state index in [9.17, 15) is 4.79 Å². The Morgan fingerprint density at radius 3 is 3.19 bits per heavy atom. The van der Waals surface area contributed by atoms with Gasteiger partial charge in [-0.25, -0.2) is 4.98 Å². The van der Waals surface area contributed by atoms with Gasteiger partial charge in [-0.3, -0.25) is 4.79 Å². The second-order valence-electron chi connectivity index (χ2n) is 4.94. The predicted molar refractivity (Wildman–Crippen MR) is 87.5 cm³/mol. The van der Waals surface area contributed by atoms with Crippen molar-refractivity contribution in [1.82, 2.24) is 10.3 Å². The minimum atomic E-state index is -0.0468. The van der Waals surface area contributed by atoms with Gasteiger partial charge >= 0.3 is 0 Å². The zero-order chi connectivity index (χ0) is 13.9. The van der Waals surface area contributed by atoms with Gasteiger partial charge in [0.2, 0.25) is 5.91 Å². The van der Waals surface area contributed by atoms with Gasteiger partial charge < -0.3 is 15.4 Å². The first-order valence-corrected chi connectivity index (χ1v) is 7.52. The molecular weight excluding hydrogens is 310 g/mol. The van der Waals surface area contributed by atoms with Crippen LogP contribution in [0.2, 0.25) is 0 Å². The van der Waals surface area contributed by atoms with Gasteiger partial charge in [-0.1, -0.05) is 17.4 Å². The molecule has 0 saturated carbocycles. The molecular formula is C14H18ClN3O2S. The molecule has 1 atom stereocenters. The van der Waals surface area contributed by atoms with Crippen molar-refractivity contribution in [3.63, 3.8) is 0 Å². The molecule has 1 aliphatic rings. The Morgan fingerprint density at radius 2 is 2.43 bits per heavy atom. The fraction of sp³-hybridized carbons (Fsp3) is 0.429. The van der Waals surface area contributed by atoms with Crippen LogP contribution in [0.4, 0.5) is 5.13 Å². The number of hydrogen-bond donors (Lipinski definition) is 2. The molecule has 21 heavy (non-hydrogen) atoms. The molecule has 1 unspecified atom stereocenters. The van der Waals surface area contributed by atoms with Crippen LogP contribution in [0.1, 0.15) is 12.0 Å². The van der Waals surface area contributed by atoms with Crippen LogP contribution in [0.25, 0.3) is 10.2 Å². The van der Waals surface area contributed by atoms with Crippen LogP contribution in [0.15, 0.2) is 18.2 Å². The van der Waals surface area contributed by atoms with E-state index in [0.29, 0.717) is 18.2 Å². The Hall–Kier alpha value is -1.21. The first-order valence-electron chi connectivity index (χ1n) is 6.70. The van der Waals surface area contributed by atoms with Crippen molar-refractivity contribution >= 4 is 45.0 Å². The third-order valence-corrected chi connectivity index (χ3v) is 4.14. The van der Waals surface area contributed by atoms with Crippen LogP contribution in [-0.4, -0.2) is 36.7 Å². The summed E-state index contributed by atoms with van der Waals surface area (Å²) < 4.78 is 6.61. The SMILES string of the molecule is Cc1ccc2nc(NC(=O)CC3CNCCO3)sc2c1.Cl. The average molecular weight is 328 g/mol. The quantitative estimate of drug-likeness (QED) is 0.908. The summed E-state index contributed by atoms with van der Waals surface area (Å²) in [6, 6.07) is 6.08. The molecule has 0 spiro atoms. The lowest BCUT2D eigenvalue weighted by Gasteiger charge is -2.22. The maximum Gasteiger partial charge on any atom is 0.228 e. The molecule has 1 aromatic heterocycles. The van der Waals surface area contributed by atoms with Gasteiger partial charge in [0.25, 0.3) is 0 Å². The van der Waals surface area contributed by atoms with Crippen molar-refractivity contribution in [2.75, 3.05) is 25.0 Å². The van der Waals surface area contributed by atoms with E-state index in [1.807, 2.05) is 19.1 Å². The Kier molecular flexibility index (Phi) is 5.52. The number of halogens is 1. The number of ether oxygens (including phenoxy) is 1. The minimum absolute atomic E-state index is 0. The summed E-state index contributed by atoms with van der Waals surface area (Å²) in [4.78, 5) is 16.4. The fourth-order valence-electron chi connectivity index (χ4n) is 2.21. The second kappa shape index (κ2) is 7.17. The van der Waals surface area contributed by atoms with Crippen LogP contribution in [0.5, 0.6) is 0 Å². The summed E-state index contributed by atoms with van der Waals surface area (Å²) >= 11 is 1.50. The van der Waals surface area contributed by atoms with E-state index in [1.165, 1.54) is 16.9 Å². The smallest absolute Gasteiger partial charge is 0.228 e. The number of rotatable bonds is 3. The molecule has 2 N–H and O–H groups in total. The van der Waals surface area contributed by atoms with Gasteiger partial charge in [0.05, 0.1) is 29.3 Å². The summed E-state index contributed by atoms with van der Waals surface area (Å²) in [6.07, 6.45) is 0.322. The van der Waals surface area contributed by atoms with Crippen molar-refractivity contribution in [2.45, 2.75) is 19.4 Å². The van der Waals surface area contributed by atoms with E-state index in [2.05, 4.69) is 21.7 Å². The Balaban J connectivity index is 0.00000161. The molecule has 1 amide bonds. The number of thiazole rings is 1. The Bertz CT molecular complexity index is 626. The summed E-state index contributed by atoms with van der Waals surface area (Å²) in [7, 11) is 0. The van der Waals surface area contributed by atoms with Gasteiger partial charge in [0, 0.05) is 13.1 Å².